The van der Waals surface area contributed by atoms with Crippen molar-refractivity contribution < 1.29 is 22.4 Å². The van der Waals surface area contributed by atoms with E-state index in [1.807, 2.05) is 0 Å². The average Bonchev–Trinajstić information content (AvgIpc) is 3.19. The van der Waals surface area contributed by atoms with E-state index in [2.05, 4.69) is 32.6 Å². The fourth-order valence-electron chi connectivity index (χ4n) is 3.09. The Bertz CT molecular complexity index is 1180. The largest absolute Gasteiger partial charge is 0.450 e. The van der Waals surface area contributed by atoms with Gasteiger partial charge in [0.2, 0.25) is 5.82 Å². The zero-order valence-electron chi connectivity index (χ0n) is 15.6. The first-order chi connectivity index (χ1) is 14.3. The Hall–Kier alpha value is -3.13. The number of thiazole rings is 1. The summed E-state index contributed by atoms with van der Waals surface area (Å²) in [6, 6.07) is 3.43. The quantitative estimate of drug-likeness (QED) is 0.426. The van der Waals surface area contributed by atoms with E-state index >= 15 is 0 Å². The molecule has 0 spiro atoms. The highest BCUT2D eigenvalue weighted by Gasteiger charge is 2.38. The van der Waals surface area contributed by atoms with E-state index in [1.54, 1.807) is 6.20 Å². The summed E-state index contributed by atoms with van der Waals surface area (Å²) in [5, 5.41) is 5.18. The van der Waals surface area contributed by atoms with Crippen LogP contribution in [0.15, 0.2) is 18.3 Å². The molecule has 1 fully saturated rings. The molecule has 2 amide bonds. The smallest absolute Gasteiger partial charge is 0.305 e. The molecule has 3 aromatic rings. The number of nitrogens with zero attached hydrogens (tertiary/aromatic N) is 3. The Morgan fingerprint density at radius 2 is 2.07 bits per heavy atom. The molecule has 0 bridgehead atoms. The number of carbonyl (C=O) groups excluding carboxylic acids is 1. The number of carbonyl (C=O) groups is 1. The molecule has 2 heterocycles. The number of imidazole rings is 1. The third-order valence-electron chi connectivity index (χ3n) is 4.72. The number of alkyl halides is 3. The van der Waals surface area contributed by atoms with Crippen LogP contribution in [0.3, 0.4) is 0 Å². The van der Waals surface area contributed by atoms with Gasteiger partial charge in [0.1, 0.15) is 5.82 Å². The number of anilines is 2. The monoisotopic (exact) mass is 437 g/mol. The van der Waals surface area contributed by atoms with Crippen LogP contribution in [0.1, 0.15) is 42.8 Å². The maximum Gasteiger partial charge on any atom is 0.450 e. The fraction of sp³-hybridized carbons (Fsp3) is 0.316. The summed E-state index contributed by atoms with van der Waals surface area (Å²) in [7, 11) is 0. The number of aromatic nitrogens is 3. The predicted molar refractivity (Wildman–Crippen MR) is 105 cm³/mol. The molecule has 6 nitrogen and oxygen atoms in total. The van der Waals surface area contributed by atoms with E-state index in [0.29, 0.717) is 15.6 Å². The normalized spacial score (nSPS) is 14.2. The Balaban J connectivity index is 1.59. The molecular formula is C19H15F4N5OS. The molecule has 2 aromatic heterocycles. The molecule has 4 rings (SSSR count). The highest BCUT2D eigenvalue weighted by Crippen LogP contribution is 2.40. The highest BCUT2D eigenvalue weighted by molar-refractivity contribution is 7.15. The minimum Gasteiger partial charge on any atom is -0.305 e. The van der Waals surface area contributed by atoms with Gasteiger partial charge in [0, 0.05) is 23.2 Å². The van der Waals surface area contributed by atoms with Gasteiger partial charge in [-0.3, -0.25) is 5.32 Å². The minimum atomic E-state index is -4.77. The lowest BCUT2D eigenvalue weighted by Gasteiger charge is -2.23. The first-order valence-corrected chi connectivity index (χ1v) is 9.83. The van der Waals surface area contributed by atoms with Crippen molar-refractivity contribution in [3.05, 3.63) is 34.8 Å². The van der Waals surface area contributed by atoms with E-state index < -0.39 is 23.8 Å². The van der Waals surface area contributed by atoms with Gasteiger partial charge in [-0.1, -0.05) is 12.3 Å². The maximum absolute atomic E-state index is 14.4. The third kappa shape index (κ3) is 3.82. The molecule has 0 unspecified atom stereocenters. The van der Waals surface area contributed by atoms with Crippen LogP contribution in [-0.2, 0) is 6.18 Å². The molecule has 0 saturated heterocycles. The van der Waals surface area contributed by atoms with E-state index in [-0.39, 0.29) is 16.7 Å². The molecule has 0 atom stereocenters. The van der Waals surface area contributed by atoms with Crippen LogP contribution in [0.5, 0.6) is 0 Å². The van der Waals surface area contributed by atoms with Crippen LogP contribution in [0.4, 0.5) is 33.2 Å². The summed E-state index contributed by atoms with van der Waals surface area (Å²) in [6.07, 6.45) is 0.286. The van der Waals surface area contributed by atoms with Gasteiger partial charge >= 0.3 is 12.2 Å². The lowest BCUT2D eigenvalue weighted by atomic mass is 9.85. The van der Waals surface area contributed by atoms with Crippen LogP contribution >= 0.6 is 11.3 Å². The van der Waals surface area contributed by atoms with Crippen molar-refractivity contribution in [2.24, 2.45) is 0 Å². The van der Waals surface area contributed by atoms with E-state index in [1.165, 1.54) is 24.7 Å². The number of amides is 2. The summed E-state index contributed by atoms with van der Waals surface area (Å²) in [6.45, 7) is 1.37. The Morgan fingerprint density at radius 1 is 1.30 bits per heavy atom. The number of fused-ring (bicyclic) bond motifs is 1. The van der Waals surface area contributed by atoms with E-state index in [4.69, 9.17) is 0 Å². The fourth-order valence-corrected chi connectivity index (χ4v) is 4.07. The summed E-state index contributed by atoms with van der Waals surface area (Å²) < 4.78 is 54.7. The summed E-state index contributed by atoms with van der Waals surface area (Å²) in [5.41, 5.74) is -0.600. The molecule has 0 radical (unpaired) electrons. The van der Waals surface area contributed by atoms with Gasteiger partial charge in [-0.25, -0.2) is 23.7 Å². The molecule has 156 valence electrons. The topological polar surface area (TPSA) is 71.8 Å². The van der Waals surface area contributed by atoms with Gasteiger partial charge in [-0.05, 0) is 31.7 Å². The number of hydrogen-bond donors (Lipinski definition) is 2. The Morgan fingerprint density at radius 3 is 2.70 bits per heavy atom. The Kier molecular flexibility index (Phi) is 5.11. The first kappa shape index (κ1) is 20.2. The zero-order valence-corrected chi connectivity index (χ0v) is 16.4. The van der Waals surface area contributed by atoms with Crippen molar-refractivity contribution in [1.29, 1.82) is 0 Å². The van der Waals surface area contributed by atoms with Gasteiger partial charge in [0.15, 0.2) is 5.13 Å². The summed E-state index contributed by atoms with van der Waals surface area (Å²) >= 11 is 1.34. The van der Waals surface area contributed by atoms with Crippen molar-refractivity contribution in [3.8, 4) is 12.0 Å². The number of rotatable bonds is 3. The number of urea groups is 1. The van der Waals surface area contributed by atoms with Crippen molar-refractivity contribution in [3.63, 3.8) is 0 Å². The zero-order chi connectivity index (χ0) is 21.5. The average molecular weight is 437 g/mol. The second kappa shape index (κ2) is 7.60. The third-order valence-corrected chi connectivity index (χ3v) is 5.80. The number of nitrogens with one attached hydrogen (secondary N) is 2. The summed E-state index contributed by atoms with van der Waals surface area (Å²) in [5.74, 6) is 0.651. The summed E-state index contributed by atoms with van der Waals surface area (Å²) in [4.78, 5) is 20.9. The molecule has 1 aromatic carbocycles. The van der Waals surface area contributed by atoms with Crippen molar-refractivity contribution >= 4 is 39.2 Å². The second-order valence-corrected chi connectivity index (χ2v) is 7.79. The standard InChI is InChI=1S/C19H15F4N5OS/c1-2-6-28-14-8-12(11(20)7-13(14)25-16(28)19(21,22)23)26-17(29)27-18-24-9-15(30-18)10-4-3-5-10/h7-10H,3-5H2,1H3,(H2,24,26,27,29). The van der Waals surface area contributed by atoms with Crippen LogP contribution in [0.25, 0.3) is 11.0 Å². The number of benzene rings is 1. The van der Waals surface area contributed by atoms with E-state index in [0.717, 1.165) is 29.9 Å². The van der Waals surface area contributed by atoms with Gasteiger partial charge in [-0.2, -0.15) is 13.2 Å². The minimum absolute atomic E-state index is 0.0742. The number of hydrogen-bond acceptors (Lipinski definition) is 4. The van der Waals surface area contributed by atoms with Crippen LogP contribution in [0, 0.1) is 17.8 Å². The number of halogens is 4. The van der Waals surface area contributed by atoms with Crippen LogP contribution < -0.4 is 10.6 Å². The maximum atomic E-state index is 14.4. The molecular weight excluding hydrogens is 422 g/mol. The van der Waals surface area contributed by atoms with Gasteiger partial charge < -0.3 is 5.32 Å². The van der Waals surface area contributed by atoms with Gasteiger partial charge in [0.05, 0.1) is 16.7 Å². The predicted octanol–water partition coefficient (Wildman–Crippen LogP) is 5.39. The molecule has 1 aliphatic carbocycles. The first-order valence-electron chi connectivity index (χ1n) is 9.02. The van der Waals surface area contributed by atoms with Crippen molar-refractivity contribution in [1.82, 2.24) is 14.5 Å². The molecule has 11 heteroatoms. The highest BCUT2D eigenvalue weighted by atomic mass is 32.1. The van der Waals surface area contributed by atoms with Crippen LogP contribution in [0.2, 0.25) is 0 Å². The van der Waals surface area contributed by atoms with E-state index in [9.17, 15) is 22.4 Å². The lowest BCUT2D eigenvalue weighted by Crippen LogP contribution is -2.20. The molecule has 1 aliphatic rings. The molecule has 0 aliphatic heterocycles. The molecule has 2 N–H and O–H groups in total. The van der Waals surface area contributed by atoms with Gasteiger partial charge in [0.25, 0.3) is 0 Å². The lowest BCUT2D eigenvalue weighted by molar-refractivity contribution is -0.145. The molecule has 1 saturated carbocycles. The van der Waals surface area contributed by atoms with Gasteiger partial charge in [-0.15, -0.1) is 11.3 Å². The Labute approximate surface area is 172 Å². The van der Waals surface area contributed by atoms with Crippen molar-refractivity contribution in [2.45, 2.75) is 38.3 Å². The van der Waals surface area contributed by atoms with Crippen LogP contribution in [-0.4, -0.2) is 20.6 Å². The second-order valence-electron chi connectivity index (χ2n) is 6.73. The SMILES string of the molecule is CC#Cn1c(C(F)(F)F)nc2cc(F)c(NC(=O)Nc3ncc(C4CCC4)s3)cc21. The molecule has 30 heavy (non-hydrogen) atoms. The van der Waals surface area contributed by atoms with Crippen molar-refractivity contribution in [2.75, 3.05) is 10.6 Å².